The molecule has 0 aromatic heterocycles. The fourth-order valence-corrected chi connectivity index (χ4v) is 4.57. The Balaban J connectivity index is 1.63. The van der Waals surface area contributed by atoms with Crippen molar-refractivity contribution in [3.05, 3.63) is 0 Å². The van der Waals surface area contributed by atoms with Crippen molar-refractivity contribution in [2.45, 2.75) is 76.8 Å². The van der Waals surface area contributed by atoms with Crippen LogP contribution in [0, 0.1) is 11.8 Å². The lowest BCUT2D eigenvalue weighted by Crippen LogP contribution is -2.54. The highest BCUT2D eigenvalue weighted by atomic mass is 16.2. The van der Waals surface area contributed by atoms with Crippen molar-refractivity contribution < 1.29 is 14.4 Å². The molecule has 6 nitrogen and oxygen atoms in total. The van der Waals surface area contributed by atoms with E-state index >= 15 is 0 Å². The van der Waals surface area contributed by atoms with Crippen LogP contribution >= 0.6 is 0 Å². The molecule has 0 radical (unpaired) electrons. The van der Waals surface area contributed by atoms with Crippen molar-refractivity contribution in [3.8, 4) is 0 Å². The number of nitrogens with one attached hydrogen (secondary N) is 2. The first-order valence-corrected chi connectivity index (χ1v) is 9.37. The Hall–Kier alpha value is -1.59. The van der Waals surface area contributed by atoms with Gasteiger partial charge in [-0.2, -0.15) is 0 Å². The number of rotatable bonds is 3. The molecule has 2 N–H and O–H groups in total. The molecule has 3 fully saturated rings. The van der Waals surface area contributed by atoms with Crippen LogP contribution in [-0.4, -0.2) is 40.9 Å². The van der Waals surface area contributed by atoms with Crippen molar-refractivity contribution in [3.63, 3.8) is 0 Å². The summed E-state index contributed by atoms with van der Waals surface area (Å²) in [5, 5.41) is 5.92. The Kier molecular flexibility index (Phi) is 4.83. The minimum absolute atomic E-state index is 0.120. The molecule has 6 heteroatoms. The second-order valence-electron chi connectivity index (χ2n) is 7.88. The maximum atomic E-state index is 12.9. The van der Waals surface area contributed by atoms with Crippen molar-refractivity contribution in [1.29, 1.82) is 0 Å². The standard InChI is InChI=1S/C18H29N3O3/c1-12-7-3-4-9-14(12)19-15(22)11-21-16(23)18(20-17(21)24)10-6-5-8-13(18)2/h12-14H,3-11H2,1-2H3,(H,19,22)(H,20,24)/t12-,13-,14+,18+/m1/s1. The monoisotopic (exact) mass is 335 g/mol. The third-order valence-corrected chi connectivity index (χ3v) is 6.26. The highest BCUT2D eigenvalue weighted by Crippen LogP contribution is 2.38. The number of carbonyl (C=O) groups excluding carboxylic acids is 3. The van der Waals surface area contributed by atoms with Gasteiger partial charge in [0.25, 0.3) is 5.91 Å². The van der Waals surface area contributed by atoms with Gasteiger partial charge in [0.05, 0.1) is 0 Å². The maximum Gasteiger partial charge on any atom is 0.325 e. The molecule has 0 aromatic carbocycles. The fraction of sp³-hybridized carbons (Fsp3) is 0.833. The van der Waals surface area contributed by atoms with E-state index in [2.05, 4.69) is 17.6 Å². The van der Waals surface area contributed by atoms with Crippen LogP contribution in [0.5, 0.6) is 0 Å². The Morgan fingerprint density at radius 3 is 2.58 bits per heavy atom. The quantitative estimate of drug-likeness (QED) is 0.776. The molecule has 134 valence electrons. The van der Waals surface area contributed by atoms with Crippen molar-refractivity contribution in [1.82, 2.24) is 15.5 Å². The van der Waals surface area contributed by atoms with Crippen molar-refractivity contribution >= 4 is 17.8 Å². The van der Waals surface area contributed by atoms with E-state index in [0.29, 0.717) is 12.3 Å². The van der Waals surface area contributed by atoms with Gasteiger partial charge in [-0.15, -0.1) is 0 Å². The van der Waals surface area contributed by atoms with Gasteiger partial charge >= 0.3 is 6.03 Å². The number of imide groups is 1. The third kappa shape index (κ3) is 3.03. The highest BCUT2D eigenvalue weighted by Gasteiger charge is 2.55. The van der Waals surface area contributed by atoms with Gasteiger partial charge in [0, 0.05) is 6.04 Å². The van der Waals surface area contributed by atoms with E-state index in [9.17, 15) is 14.4 Å². The van der Waals surface area contributed by atoms with Gasteiger partial charge in [0.1, 0.15) is 12.1 Å². The number of hydrogen-bond donors (Lipinski definition) is 2. The van der Waals surface area contributed by atoms with Crippen LogP contribution in [0.1, 0.15) is 65.2 Å². The molecule has 4 amide bonds. The van der Waals surface area contributed by atoms with Gasteiger partial charge in [0.2, 0.25) is 5.91 Å². The van der Waals surface area contributed by atoms with Gasteiger partial charge < -0.3 is 10.6 Å². The fourth-order valence-electron chi connectivity index (χ4n) is 4.57. The Bertz CT molecular complexity index is 536. The normalized spacial score (nSPS) is 36.8. The summed E-state index contributed by atoms with van der Waals surface area (Å²) >= 11 is 0. The smallest absolute Gasteiger partial charge is 0.325 e. The topological polar surface area (TPSA) is 78.5 Å². The third-order valence-electron chi connectivity index (χ3n) is 6.26. The van der Waals surface area contributed by atoms with Crippen molar-refractivity contribution in [2.24, 2.45) is 11.8 Å². The van der Waals surface area contributed by atoms with E-state index in [1.54, 1.807) is 0 Å². The zero-order valence-corrected chi connectivity index (χ0v) is 14.8. The van der Waals surface area contributed by atoms with E-state index in [1.807, 2.05) is 6.92 Å². The largest absolute Gasteiger partial charge is 0.352 e. The number of carbonyl (C=O) groups is 3. The highest BCUT2D eigenvalue weighted by molar-refractivity contribution is 6.09. The lowest BCUT2D eigenvalue weighted by atomic mass is 9.73. The van der Waals surface area contributed by atoms with E-state index in [-0.39, 0.29) is 30.3 Å². The zero-order chi connectivity index (χ0) is 17.3. The maximum absolute atomic E-state index is 12.9. The minimum atomic E-state index is -0.784. The molecule has 0 unspecified atom stereocenters. The Morgan fingerprint density at radius 1 is 1.17 bits per heavy atom. The molecule has 1 heterocycles. The summed E-state index contributed by atoms with van der Waals surface area (Å²) in [4.78, 5) is 38.7. The van der Waals surface area contributed by atoms with Gasteiger partial charge in [-0.25, -0.2) is 4.79 Å². The lowest BCUT2D eigenvalue weighted by Gasteiger charge is -2.36. The minimum Gasteiger partial charge on any atom is -0.352 e. The first-order chi connectivity index (χ1) is 11.4. The molecule has 1 spiro atoms. The van der Waals surface area contributed by atoms with E-state index < -0.39 is 11.6 Å². The SMILES string of the molecule is C[C@@H]1CCCC[C@@H]1NC(=O)CN1C(=O)N[C@]2(CCCC[C@H]2C)C1=O. The van der Waals surface area contributed by atoms with Crippen LogP contribution in [0.4, 0.5) is 4.79 Å². The van der Waals surface area contributed by atoms with Crippen LogP contribution < -0.4 is 10.6 Å². The molecular formula is C18H29N3O3. The average Bonchev–Trinajstić information content (AvgIpc) is 2.78. The van der Waals surface area contributed by atoms with Crippen LogP contribution in [-0.2, 0) is 9.59 Å². The van der Waals surface area contributed by atoms with Crippen LogP contribution in [0.2, 0.25) is 0 Å². The first kappa shape index (κ1) is 17.2. The summed E-state index contributed by atoms with van der Waals surface area (Å²) in [6.07, 6.45) is 8.08. The van der Waals surface area contributed by atoms with Gasteiger partial charge in [-0.1, -0.05) is 39.5 Å². The van der Waals surface area contributed by atoms with Gasteiger partial charge in [-0.05, 0) is 37.5 Å². The molecule has 3 rings (SSSR count). The van der Waals surface area contributed by atoms with E-state index in [1.165, 1.54) is 6.42 Å². The molecule has 4 atom stereocenters. The van der Waals surface area contributed by atoms with E-state index in [4.69, 9.17) is 0 Å². The van der Waals surface area contributed by atoms with E-state index in [0.717, 1.165) is 43.4 Å². The second-order valence-corrected chi connectivity index (χ2v) is 7.88. The average molecular weight is 335 g/mol. The van der Waals surface area contributed by atoms with Crippen LogP contribution in [0.25, 0.3) is 0 Å². The lowest BCUT2D eigenvalue weighted by molar-refractivity contribution is -0.137. The van der Waals surface area contributed by atoms with Crippen LogP contribution in [0.3, 0.4) is 0 Å². The molecule has 2 aliphatic carbocycles. The predicted octanol–water partition coefficient (Wildman–Crippen LogP) is 2.18. The number of urea groups is 1. The Labute approximate surface area is 143 Å². The summed E-state index contributed by atoms with van der Waals surface area (Å²) in [6, 6.07) is -0.254. The zero-order valence-electron chi connectivity index (χ0n) is 14.8. The molecule has 0 aromatic rings. The number of amides is 4. The van der Waals surface area contributed by atoms with Crippen molar-refractivity contribution in [2.75, 3.05) is 6.54 Å². The second kappa shape index (κ2) is 6.73. The summed E-state index contributed by atoms with van der Waals surface area (Å²) in [5.74, 6) is 0.133. The molecule has 24 heavy (non-hydrogen) atoms. The molecular weight excluding hydrogens is 306 g/mol. The summed E-state index contributed by atoms with van der Waals surface area (Å²) in [5.41, 5.74) is -0.784. The van der Waals surface area contributed by atoms with Gasteiger partial charge in [-0.3, -0.25) is 14.5 Å². The predicted molar refractivity (Wildman–Crippen MR) is 90.2 cm³/mol. The summed E-state index contributed by atoms with van der Waals surface area (Å²) in [6.45, 7) is 4.00. The van der Waals surface area contributed by atoms with Crippen LogP contribution in [0.15, 0.2) is 0 Å². The summed E-state index contributed by atoms with van der Waals surface area (Å²) < 4.78 is 0. The summed E-state index contributed by atoms with van der Waals surface area (Å²) in [7, 11) is 0. The van der Waals surface area contributed by atoms with Gasteiger partial charge in [0.15, 0.2) is 0 Å². The number of nitrogens with zero attached hydrogens (tertiary/aromatic N) is 1. The molecule has 0 bridgehead atoms. The molecule has 3 aliphatic rings. The Morgan fingerprint density at radius 2 is 1.88 bits per heavy atom. The molecule has 1 aliphatic heterocycles. The number of hydrogen-bond acceptors (Lipinski definition) is 3. The first-order valence-electron chi connectivity index (χ1n) is 9.37. The molecule has 2 saturated carbocycles. The molecule has 1 saturated heterocycles.